The monoisotopic (exact) mass is 481 g/mol. The van der Waals surface area contributed by atoms with Crippen LogP contribution in [0.5, 0.6) is 17.4 Å². The summed E-state index contributed by atoms with van der Waals surface area (Å²) in [6.45, 7) is 10.3. The fourth-order valence-corrected chi connectivity index (χ4v) is 3.90. The number of benzene rings is 2. The van der Waals surface area contributed by atoms with E-state index in [-0.39, 0.29) is 12.2 Å². The van der Waals surface area contributed by atoms with Gasteiger partial charge in [-0.15, -0.1) is 0 Å². The summed E-state index contributed by atoms with van der Waals surface area (Å²) in [5.74, 6) is 2.07. The first-order chi connectivity index (χ1) is 16.7. The molecule has 0 radical (unpaired) electrons. The highest BCUT2D eigenvalue weighted by Crippen LogP contribution is 2.35. The fourth-order valence-electron chi connectivity index (χ4n) is 3.90. The lowest BCUT2D eigenvalue weighted by molar-refractivity contribution is -0.0566. The molecule has 1 heterocycles. The first-order valence-corrected chi connectivity index (χ1v) is 12.2. The number of hydrogen-bond donors (Lipinski definition) is 1. The van der Waals surface area contributed by atoms with Crippen LogP contribution in [0.1, 0.15) is 39.7 Å². The predicted octanol–water partition coefficient (Wildman–Crippen LogP) is 5.28. The Morgan fingerprint density at radius 1 is 1.06 bits per heavy atom. The highest BCUT2D eigenvalue weighted by atomic mass is 16.5. The zero-order valence-corrected chi connectivity index (χ0v) is 21.8. The number of hydrogen-bond acceptors (Lipinski definition) is 6. The molecule has 0 aliphatic carbocycles. The molecule has 0 saturated carbocycles. The average Bonchev–Trinajstić information content (AvgIpc) is 3.13. The van der Waals surface area contributed by atoms with Crippen molar-refractivity contribution in [2.45, 2.75) is 52.4 Å². The largest absolute Gasteiger partial charge is 0.497 e. The van der Waals surface area contributed by atoms with E-state index in [2.05, 4.69) is 24.0 Å². The van der Waals surface area contributed by atoms with E-state index in [4.69, 9.17) is 19.3 Å². The van der Waals surface area contributed by atoms with Crippen molar-refractivity contribution in [3.8, 4) is 28.6 Å². The second-order valence-electron chi connectivity index (χ2n) is 9.72. The number of aliphatic hydroxyl groups is 1. The van der Waals surface area contributed by atoms with Crippen molar-refractivity contribution in [1.29, 1.82) is 0 Å². The number of aryl methyl sites for hydroxylation is 1. The second-order valence-corrected chi connectivity index (χ2v) is 9.72. The standard InChI is InChI=1S/C28H39N3O4/c1-7-16-31(18-22(32)20-34-28(2,3)4)19-25-26(21-12-9-8-10-13-21)29-30(5)27(25)35-24-15-11-14-23(17-24)33-6/h8-15,17,22,32H,7,16,18-20H2,1-6H3/t22-/m1/s1. The first-order valence-electron chi connectivity index (χ1n) is 12.2. The van der Waals surface area contributed by atoms with Gasteiger partial charge in [-0.3, -0.25) is 4.90 Å². The Balaban J connectivity index is 1.93. The van der Waals surface area contributed by atoms with Gasteiger partial charge >= 0.3 is 0 Å². The molecule has 1 atom stereocenters. The van der Waals surface area contributed by atoms with Gasteiger partial charge in [-0.2, -0.15) is 5.10 Å². The molecule has 7 nitrogen and oxygen atoms in total. The summed E-state index contributed by atoms with van der Waals surface area (Å²) in [6, 6.07) is 17.7. The molecule has 0 spiro atoms. The highest BCUT2D eigenvalue weighted by Gasteiger charge is 2.24. The summed E-state index contributed by atoms with van der Waals surface area (Å²) >= 11 is 0. The van der Waals surface area contributed by atoms with Gasteiger partial charge in [0.05, 0.1) is 31.0 Å². The second kappa shape index (κ2) is 12.2. The maximum Gasteiger partial charge on any atom is 0.222 e. The minimum absolute atomic E-state index is 0.287. The van der Waals surface area contributed by atoms with E-state index in [9.17, 15) is 5.11 Å². The van der Waals surface area contributed by atoms with Crippen LogP contribution in [-0.4, -0.2) is 58.3 Å². The van der Waals surface area contributed by atoms with Crippen LogP contribution < -0.4 is 9.47 Å². The molecule has 190 valence electrons. The third-order valence-electron chi connectivity index (χ3n) is 5.49. The molecule has 7 heteroatoms. The number of aromatic nitrogens is 2. The minimum atomic E-state index is -0.597. The van der Waals surface area contributed by atoms with E-state index < -0.39 is 6.10 Å². The number of rotatable bonds is 12. The molecule has 1 N–H and O–H groups in total. The van der Waals surface area contributed by atoms with Crippen LogP contribution in [0.25, 0.3) is 11.3 Å². The van der Waals surface area contributed by atoms with Crippen LogP contribution in [0.2, 0.25) is 0 Å². The minimum Gasteiger partial charge on any atom is -0.497 e. The van der Waals surface area contributed by atoms with Gasteiger partial charge in [0.1, 0.15) is 17.2 Å². The van der Waals surface area contributed by atoms with Crippen LogP contribution in [0.3, 0.4) is 0 Å². The molecular weight excluding hydrogens is 442 g/mol. The maximum atomic E-state index is 10.7. The Bertz CT molecular complexity index is 1060. The lowest BCUT2D eigenvalue weighted by atomic mass is 10.1. The Labute approximate surface area is 209 Å². The van der Waals surface area contributed by atoms with Gasteiger partial charge in [0.15, 0.2) is 0 Å². The predicted molar refractivity (Wildman–Crippen MR) is 139 cm³/mol. The summed E-state index contributed by atoms with van der Waals surface area (Å²) in [5.41, 5.74) is 2.57. The van der Waals surface area contributed by atoms with Crippen molar-refractivity contribution in [3.05, 3.63) is 60.2 Å². The van der Waals surface area contributed by atoms with Crippen molar-refractivity contribution >= 4 is 0 Å². The zero-order valence-electron chi connectivity index (χ0n) is 21.8. The van der Waals surface area contributed by atoms with Crippen molar-refractivity contribution in [1.82, 2.24) is 14.7 Å². The topological polar surface area (TPSA) is 69.0 Å². The van der Waals surface area contributed by atoms with E-state index in [1.165, 1.54) is 0 Å². The van der Waals surface area contributed by atoms with Gasteiger partial charge in [-0.25, -0.2) is 4.68 Å². The molecule has 0 amide bonds. The SMILES string of the molecule is CCCN(Cc1c(-c2ccccc2)nn(C)c1Oc1cccc(OC)c1)C[C@@H](O)COC(C)(C)C. The zero-order chi connectivity index (χ0) is 25.4. The van der Waals surface area contributed by atoms with Gasteiger partial charge in [0.25, 0.3) is 0 Å². The summed E-state index contributed by atoms with van der Waals surface area (Å²) < 4.78 is 19.3. The van der Waals surface area contributed by atoms with Crippen LogP contribution >= 0.6 is 0 Å². The van der Waals surface area contributed by atoms with Crippen molar-refractivity contribution in [2.75, 3.05) is 26.8 Å². The Hall–Kier alpha value is -2.87. The molecule has 0 aliphatic rings. The summed E-state index contributed by atoms with van der Waals surface area (Å²) in [7, 11) is 3.53. The quantitative estimate of drug-likeness (QED) is 0.380. The molecule has 0 aliphatic heterocycles. The van der Waals surface area contributed by atoms with E-state index in [1.807, 2.05) is 70.3 Å². The Morgan fingerprint density at radius 2 is 1.77 bits per heavy atom. The van der Waals surface area contributed by atoms with E-state index in [1.54, 1.807) is 11.8 Å². The first kappa shape index (κ1) is 26.7. The average molecular weight is 482 g/mol. The summed E-state index contributed by atoms with van der Waals surface area (Å²) in [6.07, 6.45) is 0.361. The van der Waals surface area contributed by atoms with Crippen molar-refractivity contribution < 1.29 is 19.3 Å². The third-order valence-corrected chi connectivity index (χ3v) is 5.49. The molecule has 0 fully saturated rings. The number of ether oxygens (including phenoxy) is 3. The van der Waals surface area contributed by atoms with E-state index in [0.29, 0.717) is 24.7 Å². The Kier molecular flexibility index (Phi) is 9.32. The molecule has 35 heavy (non-hydrogen) atoms. The van der Waals surface area contributed by atoms with Gasteiger partial charge in [0, 0.05) is 31.8 Å². The number of nitrogens with zero attached hydrogens (tertiary/aromatic N) is 3. The van der Waals surface area contributed by atoms with E-state index >= 15 is 0 Å². The van der Waals surface area contributed by atoms with Crippen molar-refractivity contribution in [3.63, 3.8) is 0 Å². The molecule has 2 aromatic carbocycles. The molecule has 3 rings (SSSR count). The highest BCUT2D eigenvalue weighted by molar-refractivity contribution is 5.65. The molecule has 0 unspecified atom stereocenters. The molecular formula is C28H39N3O4. The fraction of sp³-hybridized carbons (Fsp3) is 0.464. The van der Waals surface area contributed by atoms with E-state index in [0.717, 1.165) is 35.5 Å². The molecule has 0 saturated heterocycles. The maximum absolute atomic E-state index is 10.7. The number of aliphatic hydroxyl groups excluding tert-OH is 1. The lowest BCUT2D eigenvalue weighted by Crippen LogP contribution is -2.37. The van der Waals surface area contributed by atoms with Crippen molar-refractivity contribution in [2.24, 2.45) is 7.05 Å². The molecule has 0 bridgehead atoms. The third kappa shape index (κ3) is 7.82. The van der Waals surface area contributed by atoms with Gasteiger partial charge in [-0.1, -0.05) is 43.3 Å². The van der Waals surface area contributed by atoms with Crippen LogP contribution in [0.15, 0.2) is 54.6 Å². The van der Waals surface area contributed by atoms with Crippen LogP contribution in [0, 0.1) is 0 Å². The smallest absolute Gasteiger partial charge is 0.222 e. The number of methoxy groups -OCH3 is 1. The normalized spacial score (nSPS) is 12.7. The van der Waals surface area contributed by atoms with Gasteiger partial charge < -0.3 is 19.3 Å². The van der Waals surface area contributed by atoms with Gasteiger partial charge in [0.2, 0.25) is 5.88 Å². The van der Waals surface area contributed by atoms with Crippen LogP contribution in [-0.2, 0) is 18.3 Å². The summed E-state index contributed by atoms with van der Waals surface area (Å²) in [5, 5.41) is 15.5. The lowest BCUT2D eigenvalue weighted by Gasteiger charge is -2.27. The molecule has 1 aromatic heterocycles. The molecule has 3 aromatic rings. The Morgan fingerprint density at radius 3 is 2.43 bits per heavy atom. The summed E-state index contributed by atoms with van der Waals surface area (Å²) in [4.78, 5) is 2.23. The van der Waals surface area contributed by atoms with Crippen LogP contribution in [0.4, 0.5) is 0 Å². The van der Waals surface area contributed by atoms with Gasteiger partial charge in [-0.05, 0) is 45.9 Å².